The first-order valence-electron chi connectivity index (χ1n) is 6.02. The number of aryl methyl sites for hydroxylation is 1. The third-order valence-corrected chi connectivity index (χ3v) is 4.71. The van der Waals surface area contributed by atoms with Gasteiger partial charge in [0.15, 0.2) is 0 Å². The Bertz CT molecular complexity index is 508. The van der Waals surface area contributed by atoms with Crippen LogP contribution in [0.15, 0.2) is 11.6 Å². The molecule has 0 spiro atoms. The lowest BCUT2D eigenvalue weighted by molar-refractivity contribution is 0.585. The molecule has 0 atom stereocenters. The van der Waals surface area contributed by atoms with Gasteiger partial charge in [-0.05, 0) is 6.92 Å². The van der Waals surface area contributed by atoms with Gasteiger partial charge in [0.25, 0.3) is 0 Å². The highest BCUT2D eigenvalue weighted by molar-refractivity contribution is 7.11. The Morgan fingerprint density at radius 1 is 1.28 bits per heavy atom. The van der Waals surface area contributed by atoms with Gasteiger partial charge in [0.05, 0.1) is 15.7 Å². The van der Waals surface area contributed by atoms with Crippen molar-refractivity contribution in [3.8, 4) is 0 Å². The summed E-state index contributed by atoms with van der Waals surface area (Å²) in [7, 11) is 0. The van der Waals surface area contributed by atoms with E-state index < -0.39 is 0 Å². The Balaban J connectivity index is 1.85. The van der Waals surface area contributed by atoms with E-state index in [1.54, 1.807) is 22.7 Å². The molecule has 0 unspecified atom stereocenters. The monoisotopic (exact) mass is 281 g/mol. The molecular weight excluding hydrogens is 262 g/mol. The molecule has 0 amide bonds. The molecule has 3 nitrogen and oxygen atoms in total. The van der Waals surface area contributed by atoms with Crippen molar-refractivity contribution >= 4 is 22.7 Å². The number of aromatic nitrogens is 2. The average Bonchev–Trinajstić information content (AvgIpc) is 2.87. The molecule has 0 saturated carbocycles. The highest BCUT2D eigenvalue weighted by Gasteiger charge is 2.17. The molecule has 2 aromatic heterocycles. The van der Waals surface area contributed by atoms with E-state index in [0.717, 1.165) is 23.8 Å². The molecule has 0 saturated heterocycles. The normalized spacial score (nSPS) is 12.0. The summed E-state index contributed by atoms with van der Waals surface area (Å²) in [5, 5.41) is 7.84. The first kappa shape index (κ1) is 13.6. The Hall–Kier alpha value is -0.780. The molecule has 5 heteroatoms. The highest BCUT2D eigenvalue weighted by Crippen LogP contribution is 2.26. The number of nitrogens with one attached hydrogen (secondary N) is 1. The zero-order valence-electron chi connectivity index (χ0n) is 11.3. The largest absolute Gasteiger partial charge is 0.306 e. The van der Waals surface area contributed by atoms with E-state index in [2.05, 4.69) is 41.4 Å². The van der Waals surface area contributed by atoms with Crippen LogP contribution in [-0.2, 0) is 18.5 Å². The average molecular weight is 281 g/mol. The summed E-state index contributed by atoms with van der Waals surface area (Å²) in [4.78, 5) is 10.2. The van der Waals surface area contributed by atoms with Crippen LogP contribution in [0.4, 0.5) is 0 Å². The molecule has 0 aliphatic carbocycles. The first-order valence-corrected chi connectivity index (χ1v) is 7.71. The quantitative estimate of drug-likeness (QED) is 0.932. The van der Waals surface area contributed by atoms with Crippen molar-refractivity contribution in [1.82, 2.24) is 15.3 Å². The summed E-state index contributed by atoms with van der Waals surface area (Å²) in [6.07, 6.45) is 1.98. The second kappa shape index (κ2) is 5.47. The van der Waals surface area contributed by atoms with Crippen LogP contribution in [0, 0.1) is 6.92 Å². The van der Waals surface area contributed by atoms with Crippen LogP contribution in [0.2, 0.25) is 0 Å². The summed E-state index contributed by atoms with van der Waals surface area (Å²) in [6, 6.07) is 0. The van der Waals surface area contributed by atoms with Crippen molar-refractivity contribution in [3.05, 3.63) is 32.2 Å². The van der Waals surface area contributed by atoms with E-state index in [4.69, 9.17) is 0 Å². The maximum Gasteiger partial charge on any atom is 0.0981 e. The van der Waals surface area contributed by atoms with Gasteiger partial charge in [0.1, 0.15) is 0 Å². The summed E-state index contributed by atoms with van der Waals surface area (Å²) in [6.45, 7) is 10.3. The van der Waals surface area contributed by atoms with Crippen LogP contribution in [0.25, 0.3) is 0 Å². The lowest BCUT2D eigenvalue weighted by atomic mass is 9.98. The fraction of sp³-hybridized carbons (Fsp3) is 0.538. The van der Waals surface area contributed by atoms with E-state index in [-0.39, 0.29) is 5.41 Å². The number of thiazole rings is 2. The third kappa shape index (κ3) is 3.60. The van der Waals surface area contributed by atoms with Gasteiger partial charge in [-0.2, -0.15) is 0 Å². The van der Waals surface area contributed by atoms with Gasteiger partial charge < -0.3 is 5.32 Å². The third-order valence-electron chi connectivity index (χ3n) is 2.47. The number of rotatable bonds is 4. The van der Waals surface area contributed by atoms with Crippen molar-refractivity contribution in [1.29, 1.82) is 0 Å². The van der Waals surface area contributed by atoms with Crippen LogP contribution in [0.5, 0.6) is 0 Å². The molecule has 0 fully saturated rings. The lowest BCUT2D eigenvalue weighted by Crippen LogP contribution is -2.12. The minimum atomic E-state index is 0.148. The predicted octanol–water partition coefficient (Wildman–Crippen LogP) is 3.50. The maximum absolute atomic E-state index is 4.48. The smallest absolute Gasteiger partial charge is 0.0981 e. The first-order chi connectivity index (χ1) is 8.45. The lowest BCUT2D eigenvalue weighted by Gasteiger charge is -2.13. The van der Waals surface area contributed by atoms with Gasteiger partial charge in [0, 0.05) is 35.0 Å². The van der Waals surface area contributed by atoms with Crippen molar-refractivity contribution in [2.45, 2.75) is 46.2 Å². The molecular formula is C13H19N3S2. The van der Waals surface area contributed by atoms with Crippen LogP contribution >= 0.6 is 22.7 Å². The molecule has 0 bridgehead atoms. The molecule has 0 aliphatic heterocycles. The SMILES string of the molecule is Cc1nc(CNCc2cnc(C(C)(C)C)s2)cs1. The van der Waals surface area contributed by atoms with Crippen LogP contribution in [0.3, 0.4) is 0 Å². The minimum absolute atomic E-state index is 0.148. The fourth-order valence-electron chi connectivity index (χ4n) is 1.54. The van der Waals surface area contributed by atoms with E-state index in [1.807, 2.05) is 13.1 Å². The topological polar surface area (TPSA) is 37.8 Å². The van der Waals surface area contributed by atoms with E-state index in [9.17, 15) is 0 Å². The van der Waals surface area contributed by atoms with Crippen molar-refractivity contribution < 1.29 is 0 Å². The molecule has 0 aliphatic rings. The molecule has 0 radical (unpaired) electrons. The molecule has 2 aromatic rings. The maximum atomic E-state index is 4.48. The Kier molecular flexibility index (Phi) is 4.14. The summed E-state index contributed by atoms with van der Waals surface area (Å²) in [5.41, 5.74) is 1.27. The van der Waals surface area contributed by atoms with Crippen molar-refractivity contribution in [2.75, 3.05) is 0 Å². The number of hydrogen-bond acceptors (Lipinski definition) is 5. The standard InChI is InChI=1S/C13H19N3S2/c1-9-16-10(8-17-9)5-14-6-11-7-15-12(18-11)13(2,3)4/h7-8,14H,5-6H2,1-4H3. The minimum Gasteiger partial charge on any atom is -0.306 e. The Morgan fingerprint density at radius 3 is 2.61 bits per heavy atom. The van der Waals surface area contributed by atoms with E-state index in [0.29, 0.717) is 0 Å². The summed E-state index contributed by atoms with van der Waals surface area (Å²) < 4.78 is 0. The van der Waals surface area contributed by atoms with Gasteiger partial charge in [-0.1, -0.05) is 20.8 Å². The second-order valence-corrected chi connectivity index (χ2v) is 7.52. The van der Waals surface area contributed by atoms with Gasteiger partial charge in [-0.3, -0.25) is 0 Å². The van der Waals surface area contributed by atoms with E-state index >= 15 is 0 Å². The second-order valence-electron chi connectivity index (χ2n) is 5.34. The van der Waals surface area contributed by atoms with E-state index in [1.165, 1.54) is 9.88 Å². The number of nitrogens with zero attached hydrogens (tertiary/aromatic N) is 2. The van der Waals surface area contributed by atoms with Gasteiger partial charge >= 0.3 is 0 Å². The van der Waals surface area contributed by atoms with Gasteiger partial charge in [-0.15, -0.1) is 22.7 Å². The Labute approximate surface area is 116 Å². The number of hydrogen-bond donors (Lipinski definition) is 1. The molecule has 2 heterocycles. The molecule has 2 rings (SSSR count). The van der Waals surface area contributed by atoms with Crippen LogP contribution in [-0.4, -0.2) is 9.97 Å². The zero-order valence-corrected chi connectivity index (χ0v) is 12.9. The van der Waals surface area contributed by atoms with Crippen molar-refractivity contribution in [3.63, 3.8) is 0 Å². The molecule has 1 N–H and O–H groups in total. The molecule has 98 valence electrons. The molecule has 0 aromatic carbocycles. The van der Waals surface area contributed by atoms with Gasteiger partial charge in [0.2, 0.25) is 0 Å². The summed E-state index contributed by atoms with van der Waals surface area (Å²) in [5.74, 6) is 0. The van der Waals surface area contributed by atoms with Crippen molar-refractivity contribution in [2.24, 2.45) is 0 Å². The predicted molar refractivity (Wildman–Crippen MR) is 78.2 cm³/mol. The van der Waals surface area contributed by atoms with Gasteiger partial charge in [-0.25, -0.2) is 9.97 Å². The van der Waals surface area contributed by atoms with Crippen LogP contribution < -0.4 is 5.32 Å². The summed E-state index contributed by atoms with van der Waals surface area (Å²) >= 11 is 3.49. The molecule has 18 heavy (non-hydrogen) atoms. The van der Waals surface area contributed by atoms with Crippen LogP contribution in [0.1, 0.15) is 41.4 Å². The zero-order chi connectivity index (χ0) is 13.2. The highest BCUT2D eigenvalue weighted by atomic mass is 32.1. The fourth-order valence-corrected chi connectivity index (χ4v) is 3.09. The Morgan fingerprint density at radius 2 is 2.06 bits per heavy atom.